The maximum Gasteiger partial charge on any atom is 0.407 e. The van der Waals surface area contributed by atoms with Crippen LogP contribution >= 0.6 is 0 Å². The summed E-state index contributed by atoms with van der Waals surface area (Å²) in [5, 5.41) is 16.5. The van der Waals surface area contributed by atoms with Gasteiger partial charge in [0.05, 0.1) is 61.9 Å². The van der Waals surface area contributed by atoms with E-state index < -0.39 is 156 Å². The summed E-state index contributed by atoms with van der Waals surface area (Å²) < 4.78 is 58.3. The van der Waals surface area contributed by atoms with E-state index in [2.05, 4.69) is 36.6 Å². The number of alkyl carbamates (subject to hydrolysis) is 1. The van der Waals surface area contributed by atoms with E-state index in [0.29, 0.717) is 12.8 Å². The Labute approximate surface area is 436 Å². The molecular formula is C50H78N6O19. The molecule has 6 amide bonds. The second kappa shape index (κ2) is 24.2. The Bertz CT molecular complexity index is 2130. The van der Waals surface area contributed by atoms with Gasteiger partial charge in [0, 0.05) is 64.2 Å². The predicted molar refractivity (Wildman–Crippen MR) is 258 cm³/mol. The Balaban J connectivity index is 1.06. The first-order valence-electron chi connectivity index (χ1n) is 25.8. The van der Waals surface area contributed by atoms with Crippen molar-refractivity contribution in [3.63, 3.8) is 0 Å². The Kier molecular flexibility index (Phi) is 19.1. The van der Waals surface area contributed by atoms with Crippen LogP contribution in [0.15, 0.2) is 0 Å². The fourth-order valence-electron chi connectivity index (χ4n) is 10.8. The molecule has 14 atom stereocenters. The van der Waals surface area contributed by atoms with E-state index in [1.165, 1.54) is 21.0 Å². The first-order valence-corrected chi connectivity index (χ1v) is 25.8. The van der Waals surface area contributed by atoms with Crippen LogP contribution in [-0.2, 0) is 85.7 Å². The fourth-order valence-corrected chi connectivity index (χ4v) is 10.8. The van der Waals surface area contributed by atoms with E-state index >= 15 is 0 Å². The molecule has 0 radical (unpaired) electrons. The number of ketones is 2. The van der Waals surface area contributed by atoms with Gasteiger partial charge in [0.1, 0.15) is 29.4 Å². The molecule has 6 rings (SSSR count). The minimum absolute atomic E-state index is 0.0145. The maximum absolute atomic E-state index is 13.7. The highest BCUT2D eigenvalue weighted by Crippen LogP contribution is 2.47. The van der Waals surface area contributed by atoms with Crippen LogP contribution in [0.4, 0.5) is 4.79 Å². The van der Waals surface area contributed by atoms with Crippen LogP contribution in [0.5, 0.6) is 0 Å². The van der Waals surface area contributed by atoms with Crippen molar-refractivity contribution >= 4 is 53.2 Å². The van der Waals surface area contributed by atoms with Crippen molar-refractivity contribution in [1.82, 2.24) is 31.9 Å². The molecule has 1 saturated carbocycles. The number of fused-ring (bicyclic) bond motifs is 3. The fraction of sp³-hybridized carbons (Fsp3) is 0.820. The average Bonchev–Trinajstić information content (AvgIpc) is 4.09. The maximum atomic E-state index is 13.7. The Morgan fingerprint density at radius 2 is 1.04 bits per heavy atom. The Hall–Kier alpha value is -4.89. The predicted octanol–water partition coefficient (Wildman–Crippen LogP) is 0.805. The van der Waals surface area contributed by atoms with Crippen LogP contribution in [0.1, 0.15) is 128 Å². The zero-order valence-corrected chi connectivity index (χ0v) is 45.1. The number of amides is 6. The summed E-state index contributed by atoms with van der Waals surface area (Å²) in [6.07, 6.45) is -7.42. The van der Waals surface area contributed by atoms with Gasteiger partial charge in [0.2, 0.25) is 29.5 Å². The molecule has 6 fully saturated rings. The summed E-state index contributed by atoms with van der Waals surface area (Å²) in [5.41, 5.74) is -0.858. The number of carbonyl (C=O) groups is 9. The third-order valence-electron chi connectivity index (χ3n) is 13.7. The van der Waals surface area contributed by atoms with E-state index in [1.807, 2.05) is 0 Å². The molecule has 0 aromatic rings. The molecule has 0 aromatic carbocycles. The van der Waals surface area contributed by atoms with E-state index in [-0.39, 0.29) is 63.3 Å². The van der Waals surface area contributed by atoms with E-state index in [0.717, 1.165) is 0 Å². The lowest BCUT2D eigenvalue weighted by Crippen LogP contribution is -2.51. The molecule has 3 unspecified atom stereocenters. The van der Waals surface area contributed by atoms with Gasteiger partial charge in [-0.25, -0.2) is 4.79 Å². The average molecular weight is 1070 g/mol. The first kappa shape index (κ1) is 59.4. The van der Waals surface area contributed by atoms with Gasteiger partial charge in [-0.3, -0.25) is 38.4 Å². The smallest absolute Gasteiger partial charge is 0.407 e. The molecule has 1 aliphatic carbocycles. The third-order valence-corrected chi connectivity index (χ3v) is 13.7. The Morgan fingerprint density at radius 3 is 1.60 bits per heavy atom. The summed E-state index contributed by atoms with van der Waals surface area (Å²) >= 11 is 0. The van der Waals surface area contributed by atoms with Gasteiger partial charge in [-0.05, 0) is 88.5 Å². The van der Waals surface area contributed by atoms with Crippen molar-refractivity contribution in [2.75, 3.05) is 26.7 Å². The normalized spacial score (nSPS) is 30.9. The van der Waals surface area contributed by atoms with Crippen molar-refractivity contribution in [2.24, 2.45) is 17.8 Å². The van der Waals surface area contributed by atoms with Gasteiger partial charge >= 0.3 is 12.1 Å². The molecule has 25 heteroatoms. The number of carbonyl (C=O) groups excluding carboxylic acids is 9. The van der Waals surface area contributed by atoms with E-state index in [4.69, 9.17) is 42.6 Å². The summed E-state index contributed by atoms with van der Waals surface area (Å²) in [7, 11) is 1.24. The van der Waals surface area contributed by atoms with Crippen molar-refractivity contribution in [2.45, 2.75) is 218 Å². The number of ether oxygens (including phenoxy) is 10. The molecule has 0 spiro atoms. The number of Topliss-reactive ketones (excluding diaryl/α,β-unsaturated/α-hetero) is 2. The van der Waals surface area contributed by atoms with Crippen LogP contribution in [0.3, 0.4) is 0 Å². The summed E-state index contributed by atoms with van der Waals surface area (Å²) in [6.45, 7) is 17.8. The number of esters is 1. The molecule has 5 heterocycles. The highest BCUT2D eigenvalue weighted by molar-refractivity contribution is 5.85. The Morgan fingerprint density at radius 1 is 0.547 bits per heavy atom. The van der Waals surface area contributed by atoms with Crippen molar-refractivity contribution < 1.29 is 90.5 Å². The van der Waals surface area contributed by atoms with Crippen molar-refractivity contribution in [3.05, 3.63) is 0 Å². The second-order valence-corrected chi connectivity index (χ2v) is 22.4. The molecule has 6 N–H and O–H groups in total. The number of hydrogen-bond acceptors (Lipinski definition) is 19. The third kappa shape index (κ3) is 16.3. The standard InChI is InChI=1S/C50H78N6O19/c1-24(57)39-26(19-31-42(39)71-48(6,7)69-31)27(56-46(65)75-47(3,4)5)20-35(61)51-17-14-34(60)55-29(41-40(25(2)58)43-45(68-41)74-50(10,11)72-43)22-37(63)52-16-13-33(59)54-28(21-36(62)53-18-15-38(64)66-12)30-23-32-44(67-30)73-49(8,9)70-32/h26-32,39-45H,13-23H2,1-12H3,(H,51,61)(H,52,63)(H,53,62)(H,54,59)(H,55,60)(H,56,65)/t26?,27-,28?,29?,30-,31+,32+,39+,40+,41-,42+,43-,44+,45-/m1/s1. The number of nitrogens with one attached hydrogen (secondary N) is 6. The van der Waals surface area contributed by atoms with Crippen LogP contribution in [0.2, 0.25) is 0 Å². The molecule has 25 nitrogen and oxygen atoms in total. The highest BCUT2D eigenvalue weighted by atomic mass is 16.8. The molecule has 0 aromatic heterocycles. The summed E-state index contributed by atoms with van der Waals surface area (Å²) in [5.74, 6) is -8.88. The SMILES string of the molecule is COC(=O)CCNC(=O)CC(NC(=O)CCNC(=O)CC(NC(=O)CCNC(=O)C[C@@H](NC(=O)OC(C)(C)C)C1C[C@@H]2OC(C)(C)O[C@@H]2[C@H]1C(C)=O)[C@H]1O[C@@H]2OC(C)(C)O[C@@H]2[C@H]1C(C)=O)[C@H]1C[C@@H]2OC(C)(C)O[C@@H]2O1. The largest absolute Gasteiger partial charge is 0.469 e. The molecule has 0 bridgehead atoms. The number of methoxy groups -OCH3 is 1. The first-order chi connectivity index (χ1) is 34.9. The summed E-state index contributed by atoms with van der Waals surface area (Å²) in [6, 6.07) is -2.85. The lowest BCUT2D eigenvalue weighted by atomic mass is 9.84. The number of rotatable bonds is 23. The molecule has 75 heavy (non-hydrogen) atoms. The topological polar surface area (TPSA) is 318 Å². The van der Waals surface area contributed by atoms with Gasteiger partial charge in [-0.2, -0.15) is 0 Å². The second-order valence-electron chi connectivity index (χ2n) is 22.4. The van der Waals surface area contributed by atoms with Crippen LogP contribution in [-0.4, -0.2) is 170 Å². The quantitative estimate of drug-likeness (QED) is 0.0771. The lowest BCUT2D eigenvalue weighted by Gasteiger charge is -2.32. The minimum atomic E-state index is -1.13. The molecular weight excluding hydrogens is 989 g/mol. The van der Waals surface area contributed by atoms with Gasteiger partial charge in [0.25, 0.3) is 0 Å². The monoisotopic (exact) mass is 1070 g/mol. The van der Waals surface area contributed by atoms with Crippen molar-refractivity contribution in [3.8, 4) is 0 Å². The van der Waals surface area contributed by atoms with Gasteiger partial charge < -0.3 is 79.3 Å². The van der Waals surface area contributed by atoms with Gasteiger partial charge in [-0.15, -0.1) is 0 Å². The summed E-state index contributed by atoms with van der Waals surface area (Å²) in [4.78, 5) is 118. The van der Waals surface area contributed by atoms with Crippen LogP contribution < -0.4 is 31.9 Å². The van der Waals surface area contributed by atoms with Gasteiger partial charge in [-0.1, -0.05) is 0 Å². The highest BCUT2D eigenvalue weighted by Gasteiger charge is 2.59. The van der Waals surface area contributed by atoms with E-state index in [1.54, 1.807) is 62.3 Å². The van der Waals surface area contributed by atoms with Crippen LogP contribution in [0.25, 0.3) is 0 Å². The van der Waals surface area contributed by atoms with Gasteiger partial charge in [0.15, 0.2) is 29.9 Å². The van der Waals surface area contributed by atoms with Crippen LogP contribution in [0, 0.1) is 17.8 Å². The zero-order valence-electron chi connectivity index (χ0n) is 45.1. The van der Waals surface area contributed by atoms with E-state index in [9.17, 15) is 43.2 Å². The zero-order chi connectivity index (χ0) is 55.4. The number of hydrogen-bond donors (Lipinski definition) is 6. The van der Waals surface area contributed by atoms with Crippen molar-refractivity contribution in [1.29, 1.82) is 0 Å². The lowest BCUT2D eigenvalue weighted by molar-refractivity contribution is -0.213. The molecule has 422 valence electrons. The molecule has 5 saturated heterocycles. The minimum Gasteiger partial charge on any atom is -0.469 e. The molecule has 5 aliphatic heterocycles. The molecule has 6 aliphatic rings.